The Labute approximate surface area is 127 Å². The predicted octanol–water partition coefficient (Wildman–Crippen LogP) is 4.72. The van der Waals surface area contributed by atoms with Gasteiger partial charge in [-0.2, -0.15) is 0 Å². The Morgan fingerprint density at radius 3 is 2.00 bits per heavy atom. The normalized spacial score (nSPS) is 18.6. The lowest BCUT2D eigenvalue weighted by molar-refractivity contribution is 0.0601. The van der Waals surface area contributed by atoms with E-state index in [-0.39, 0.29) is 0 Å². The summed E-state index contributed by atoms with van der Waals surface area (Å²) in [4.78, 5) is 2.71. The molecule has 0 unspecified atom stereocenters. The Balaban J connectivity index is 2.24. The van der Waals surface area contributed by atoms with Crippen molar-refractivity contribution in [2.45, 2.75) is 96.4 Å². The van der Waals surface area contributed by atoms with Crippen LogP contribution < -0.4 is 5.73 Å². The van der Waals surface area contributed by atoms with E-state index in [0.29, 0.717) is 5.54 Å². The number of rotatable bonds is 11. The molecule has 120 valence electrons. The standard InChI is InChI=1S/C18H38N2/c1-3-5-6-7-8-9-13-16-20(4-2)18(17-19)14-11-10-12-15-18/h3-17,19H2,1-2H3. The summed E-state index contributed by atoms with van der Waals surface area (Å²) < 4.78 is 0. The van der Waals surface area contributed by atoms with Crippen LogP contribution in [0.3, 0.4) is 0 Å². The third-order valence-corrected chi connectivity index (χ3v) is 5.25. The van der Waals surface area contributed by atoms with E-state index >= 15 is 0 Å². The SMILES string of the molecule is CCCCCCCCCN(CC)C1(CN)CCCCC1. The van der Waals surface area contributed by atoms with Crippen molar-refractivity contribution >= 4 is 0 Å². The van der Waals surface area contributed by atoms with Crippen LogP contribution in [0.4, 0.5) is 0 Å². The van der Waals surface area contributed by atoms with Gasteiger partial charge in [0.05, 0.1) is 0 Å². The first-order valence-electron chi connectivity index (χ1n) is 9.24. The molecule has 0 atom stereocenters. The van der Waals surface area contributed by atoms with Crippen molar-refractivity contribution in [3.8, 4) is 0 Å². The van der Waals surface area contributed by atoms with Crippen molar-refractivity contribution in [3.05, 3.63) is 0 Å². The average molecular weight is 283 g/mol. The molecule has 1 rings (SSSR count). The third-order valence-electron chi connectivity index (χ3n) is 5.25. The first-order valence-corrected chi connectivity index (χ1v) is 9.24. The lowest BCUT2D eigenvalue weighted by atomic mass is 9.80. The zero-order valence-corrected chi connectivity index (χ0v) is 14.1. The molecule has 0 amide bonds. The van der Waals surface area contributed by atoms with Crippen molar-refractivity contribution in [2.24, 2.45) is 5.73 Å². The molecule has 20 heavy (non-hydrogen) atoms. The monoisotopic (exact) mass is 282 g/mol. The first-order chi connectivity index (χ1) is 9.79. The minimum atomic E-state index is 0.342. The number of nitrogens with two attached hydrogens (primary N) is 1. The molecule has 1 aliphatic carbocycles. The van der Waals surface area contributed by atoms with E-state index in [1.165, 1.54) is 90.1 Å². The van der Waals surface area contributed by atoms with Gasteiger partial charge >= 0.3 is 0 Å². The first kappa shape index (κ1) is 18.0. The van der Waals surface area contributed by atoms with Crippen LogP contribution in [0, 0.1) is 0 Å². The van der Waals surface area contributed by atoms with Gasteiger partial charge in [-0.1, -0.05) is 71.6 Å². The highest BCUT2D eigenvalue weighted by Gasteiger charge is 2.35. The van der Waals surface area contributed by atoms with Crippen molar-refractivity contribution in [1.82, 2.24) is 4.90 Å². The summed E-state index contributed by atoms with van der Waals surface area (Å²) in [6.07, 6.45) is 16.6. The van der Waals surface area contributed by atoms with Gasteiger partial charge in [-0.15, -0.1) is 0 Å². The zero-order valence-electron chi connectivity index (χ0n) is 14.1. The Hall–Kier alpha value is -0.0800. The number of likely N-dealkylation sites (N-methyl/N-ethyl adjacent to an activating group) is 1. The minimum Gasteiger partial charge on any atom is -0.329 e. The fourth-order valence-electron chi connectivity index (χ4n) is 3.85. The van der Waals surface area contributed by atoms with Gasteiger partial charge in [-0.3, -0.25) is 4.90 Å². The van der Waals surface area contributed by atoms with Crippen LogP contribution in [-0.4, -0.2) is 30.1 Å². The maximum atomic E-state index is 6.16. The van der Waals surface area contributed by atoms with Gasteiger partial charge in [0, 0.05) is 12.1 Å². The van der Waals surface area contributed by atoms with Crippen LogP contribution >= 0.6 is 0 Å². The second-order valence-electron chi connectivity index (χ2n) is 6.69. The van der Waals surface area contributed by atoms with E-state index in [4.69, 9.17) is 5.73 Å². The number of hydrogen-bond donors (Lipinski definition) is 1. The van der Waals surface area contributed by atoms with Crippen LogP contribution in [-0.2, 0) is 0 Å². The molecule has 0 heterocycles. The molecular formula is C18H38N2. The summed E-state index contributed by atoms with van der Waals surface area (Å²) in [6.45, 7) is 7.90. The van der Waals surface area contributed by atoms with Crippen LogP contribution in [0.25, 0.3) is 0 Å². The Bertz CT molecular complexity index is 221. The third kappa shape index (κ3) is 5.73. The van der Waals surface area contributed by atoms with E-state index in [9.17, 15) is 0 Å². The van der Waals surface area contributed by atoms with E-state index in [1.54, 1.807) is 0 Å². The van der Waals surface area contributed by atoms with E-state index in [1.807, 2.05) is 0 Å². The smallest absolute Gasteiger partial charge is 0.0331 e. The summed E-state index contributed by atoms with van der Waals surface area (Å²) >= 11 is 0. The van der Waals surface area contributed by atoms with Crippen molar-refractivity contribution < 1.29 is 0 Å². The fraction of sp³-hybridized carbons (Fsp3) is 1.00. The van der Waals surface area contributed by atoms with Gasteiger partial charge in [0.2, 0.25) is 0 Å². The molecule has 0 bridgehead atoms. The molecule has 1 saturated carbocycles. The van der Waals surface area contributed by atoms with Crippen LogP contribution in [0.1, 0.15) is 90.9 Å². The highest BCUT2D eigenvalue weighted by atomic mass is 15.2. The second-order valence-corrected chi connectivity index (χ2v) is 6.69. The fourth-order valence-corrected chi connectivity index (χ4v) is 3.85. The molecule has 1 fully saturated rings. The molecule has 0 aliphatic heterocycles. The summed E-state index contributed by atoms with van der Waals surface area (Å²) in [5.41, 5.74) is 6.50. The van der Waals surface area contributed by atoms with Crippen LogP contribution in [0.2, 0.25) is 0 Å². The predicted molar refractivity (Wildman–Crippen MR) is 90.1 cm³/mol. The molecule has 2 nitrogen and oxygen atoms in total. The second kappa shape index (κ2) is 10.6. The Kier molecular flexibility index (Phi) is 9.54. The van der Waals surface area contributed by atoms with Gasteiger partial charge in [0.25, 0.3) is 0 Å². The minimum absolute atomic E-state index is 0.342. The number of nitrogens with zero attached hydrogens (tertiary/aromatic N) is 1. The molecule has 0 spiro atoms. The lowest BCUT2D eigenvalue weighted by Crippen LogP contribution is -2.55. The molecule has 0 saturated heterocycles. The molecule has 0 aromatic carbocycles. The number of unbranched alkanes of at least 4 members (excludes halogenated alkanes) is 6. The average Bonchev–Trinajstić information content (AvgIpc) is 2.51. The summed E-state index contributed by atoms with van der Waals surface area (Å²) in [5, 5.41) is 0. The van der Waals surface area contributed by atoms with E-state index in [2.05, 4.69) is 18.7 Å². The van der Waals surface area contributed by atoms with Crippen molar-refractivity contribution in [2.75, 3.05) is 19.6 Å². The molecule has 1 aliphatic rings. The van der Waals surface area contributed by atoms with Gasteiger partial charge in [-0.25, -0.2) is 0 Å². The largest absolute Gasteiger partial charge is 0.329 e. The van der Waals surface area contributed by atoms with Gasteiger partial charge in [0.1, 0.15) is 0 Å². The summed E-state index contributed by atoms with van der Waals surface area (Å²) in [5.74, 6) is 0. The Morgan fingerprint density at radius 1 is 0.850 bits per heavy atom. The zero-order chi connectivity index (χ0) is 14.7. The highest BCUT2D eigenvalue weighted by Crippen LogP contribution is 2.33. The Morgan fingerprint density at radius 2 is 1.45 bits per heavy atom. The molecule has 2 N–H and O–H groups in total. The molecule has 2 heteroatoms. The van der Waals surface area contributed by atoms with E-state index in [0.717, 1.165) is 6.54 Å². The van der Waals surface area contributed by atoms with Crippen LogP contribution in [0.15, 0.2) is 0 Å². The van der Waals surface area contributed by atoms with Gasteiger partial charge in [-0.05, 0) is 32.4 Å². The molecular weight excluding hydrogens is 244 g/mol. The maximum absolute atomic E-state index is 6.16. The number of hydrogen-bond acceptors (Lipinski definition) is 2. The lowest BCUT2D eigenvalue weighted by Gasteiger charge is -2.46. The quantitative estimate of drug-likeness (QED) is 0.556. The topological polar surface area (TPSA) is 29.3 Å². The van der Waals surface area contributed by atoms with Crippen LogP contribution in [0.5, 0.6) is 0 Å². The maximum Gasteiger partial charge on any atom is 0.0331 e. The van der Waals surface area contributed by atoms with Gasteiger partial charge < -0.3 is 5.73 Å². The molecule has 0 radical (unpaired) electrons. The summed E-state index contributed by atoms with van der Waals surface area (Å²) in [6, 6.07) is 0. The molecule has 0 aromatic rings. The van der Waals surface area contributed by atoms with Gasteiger partial charge in [0.15, 0.2) is 0 Å². The van der Waals surface area contributed by atoms with E-state index < -0.39 is 0 Å². The highest BCUT2D eigenvalue weighted by molar-refractivity contribution is 4.93. The van der Waals surface area contributed by atoms with Crippen molar-refractivity contribution in [3.63, 3.8) is 0 Å². The van der Waals surface area contributed by atoms with Crippen molar-refractivity contribution in [1.29, 1.82) is 0 Å². The molecule has 0 aromatic heterocycles. The summed E-state index contributed by atoms with van der Waals surface area (Å²) in [7, 11) is 0.